The Labute approximate surface area is 101 Å². The number of nitrogens with zero attached hydrogens (tertiary/aromatic N) is 1. The average molecular weight is 270 g/mol. The molecule has 0 fully saturated rings. The molecule has 0 saturated heterocycles. The molecular weight excluding hydrogens is 260 g/mol. The van der Waals surface area contributed by atoms with Crippen LogP contribution in [0.25, 0.3) is 0 Å². The Bertz CT molecular complexity index is 348. The van der Waals surface area contributed by atoms with Crippen LogP contribution in [0.15, 0.2) is 27.8 Å². The maximum atomic E-state index is 12.8. The lowest BCUT2D eigenvalue weighted by Crippen LogP contribution is -2.19. The molecule has 0 aliphatic heterocycles. The Balaban J connectivity index is 5.33. The third kappa shape index (κ3) is 4.32. The Hall–Kier alpha value is -0.880. The highest BCUT2D eigenvalue weighted by molar-refractivity contribution is 8.02. The number of aliphatic imine (C=N–C) groups is 1. The van der Waals surface area contributed by atoms with Crippen molar-refractivity contribution in [3.63, 3.8) is 0 Å². The molecule has 0 radical (unpaired) electrons. The summed E-state index contributed by atoms with van der Waals surface area (Å²) >= 11 is 5.82. The number of halogens is 3. The molecule has 16 heavy (non-hydrogen) atoms. The van der Waals surface area contributed by atoms with Crippen molar-refractivity contribution in [2.45, 2.75) is 5.38 Å². The minimum Gasteiger partial charge on any atom is -0.515 e. The Morgan fingerprint density at radius 2 is 2.12 bits per heavy atom. The first-order valence-corrected chi connectivity index (χ1v) is 5.60. The second-order valence-electron chi connectivity index (χ2n) is 2.52. The topological polar surface area (TPSA) is 49.7 Å². The molecule has 0 saturated carbocycles. The number of allylic oxidation sites excluding steroid dienone is 2. The normalized spacial score (nSPS) is 15.2. The highest BCUT2D eigenvalue weighted by Crippen LogP contribution is 2.26. The molecule has 0 aromatic heterocycles. The van der Waals surface area contributed by atoms with Gasteiger partial charge in [-0.15, -0.1) is 11.8 Å². The fourth-order valence-corrected chi connectivity index (χ4v) is 1.51. The van der Waals surface area contributed by atoms with Gasteiger partial charge < -0.3 is 5.11 Å². The first kappa shape index (κ1) is 15.1. The van der Waals surface area contributed by atoms with Gasteiger partial charge in [0, 0.05) is 12.0 Å². The van der Waals surface area contributed by atoms with Crippen molar-refractivity contribution in [2.75, 3.05) is 13.3 Å². The van der Waals surface area contributed by atoms with Crippen LogP contribution < -0.4 is 0 Å². The molecule has 0 spiro atoms. The minimum absolute atomic E-state index is 0.116. The van der Waals surface area contributed by atoms with Crippen LogP contribution in [0.5, 0.6) is 0 Å². The van der Waals surface area contributed by atoms with Gasteiger partial charge in [0.15, 0.2) is 6.29 Å². The van der Waals surface area contributed by atoms with Crippen LogP contribution in [-0.4, -0.2) is 35.8 Å². The number of alkyl halides is 3. The highest BCUT2D eigenvalue weighted by Gasteiger charge is 2.31. The molecule has 1 N–H and O–H groups in total. The van der Waals surface area contributed by atoms with Crippen LogP contribution in [0, 0.1) is 0 Å². The van der Waals surface area contributed by atoms with Gasteiger partial charge in [-0.2, -0.15) is 8.78 Å². The molecule has 90 valence electrons. The van der Waals surface area contributed by atoms with Crippen LogP contribution in [0.1, 0.15) is 0 Å². The van der Waals surface area contributed by atoms with Gasteiger partial charge in [0.25, 0.3) is 0 Å². The molecule has 0 rings (SSSR count). The molecule has 0 aromatic rings. The van der Waals surface area contributed by atoms with Gasteiger partial charge in [-0.1, -0.05) is 0 Å². The van der Waals surface area contributed by atoms with Crippen LogP contribution in [0.2, 0.25) is 0 Å². The lowest BCUT2D eigenvalue weighted by atomic mass is 10.2. The van der Waals surface area contributed by atoms with Crippen molar-refractivity contribution in [1.82, 2.24) is 0 Å². The average Bonchev–Trinajstić information content (AvgIpc) is 2.22. The summed E-state index contributed by atoms with van der Waals surface area (Å²) in [6, 6.07) is 0. The molecular formula is C9H10ClF2NO2S. The first-order chi connectivity index (χ1) is 7.40. The van der Waals surface area contributed by atoms with E-state index in [0.29, 0.717) is 12.5 Å². The lowest BCUT2D eigenvalue weighted by Gasteiger charge is -2.09. The number of aliphatic hydroxyl groups is 1. The van der Waals surface area contributed by atoms with Crippen molar-refractivity contribution in [3.8, 4) is 0 Å². The molecule has 0 aliphatic carbocycles. The van der Waals surface area contributed by atoms with Gasteiger partial charge in [0.2, 0.25) is 0 Å². The lowest BCUT2D eigenvalue weighted by molar-refractivity contribution is -0.104. The largest absolute Gasteiger partial charge is 0.515 e. The smallest absolute Gasteiger partial charge is 0.364 e. The fraction of sp³-hybridized carbons (Fsp3) is 0.333. The number of hydrogen-bond donors (Lipinski definition) is 1. The molecule has 3 nitrogen and oxygen atoms in total. The van der Waals surface area contributed by atoms with E-state index >= 15 is 0 Å². The van der Waals surface area contributed by atoms with Crippen LogP contribution in [-0.2, 0) is 4.79 Å². The third-order valence-electron chi connectivity index (χ3n) is 1.57. The van der Waals surface area contributed by atoms with E-state index in [1.807, 2.05) is 0 Å². The predicted molar refractivity (Wildman–Crippen MR) is 62.5 cm³/mol. The summed E-state index contributed by atoms with van der Waals surface area (Å²) in [5.41, 5.74) is -0.797. The van der Waals surface area contributed by atoms with E-state index < -0.39 is 11.1 Å². The zero-order chi connectivity index (χ0) is 12.8. The van der Waals surface area contributed by atoms with Gasteiger partial charge >= 0.3 is 5.38 Å². The summed E-state index contributed by atoms with van der Waals surface area (Å²) in [7, 11) is 1.16. The summed E-state index contributed by atoms with van der Waals surface area (Å²) < 4.78 is 25.5. The Kier molecular flexibility index (Phi) is 6.28. The van der Waals surface area contributed by atoms with Gasteiger partial charge in [0.05, 0.1) is 11.8 Å². The second-order valence-corrected chi connectivity index (χ2v) is 3.84. The number of hydrogen-bond acceptors (Lipinski definition) is 4. The van der Waals surface area contributed by atoms with Crippen LogP contribution >= 0.6 is 23.4 Å². The summed E-state index contributed by atoms with van der Waals surface area (Å²) in [5, 5.41) is 5.10. The van der Waals surface area contributed by atoms with Gasteiger partial charge in [-0.05, 0) is 23.9 Å². The SMILES string of the molecule is CN=C(/C=C(SC)\C(C=O)=C\O)C(F)(F)Cl. The van der Waals surface area contributed by atoms with Crippen molar-refractivity contribution >= 4 is 35.4 Å². The van der Waals surface area contributed by atoms with Gasteiger partial charge in [-0.3, -0.25) is 9.79 Å². The van der Waals surface area contributed by atoms with E-state index in [0.717, 1.165) is 24.9 Å². The summed E-state index contributed by atoms with van der Waals surface area (Å²) in [6.45, 7) is 0. The van der Waals surface area contributed by atoms with E-state index in [1.165, 1.54) is 0 Å². The molecule has 0 amide bonds. The minimum atomic E-state index is -3.61. The molecule has 0 atom stereocenters. The van der Waals surface area contributed by atoms with E-state index in [-0.39, 0.29) is 10.5 Å². The Morgan fingerprint density at radius 1 is 1.56 bits per heavy atom. The zero-order valence-corrected chi connectivity index (χ0v) is 10.1. The first-order valence-electron chi connectivity index (χ1n) is 4.00. The predicted octanol–water partition coefficient (Wildman–Crippen LogP) is 2.78. The van der Waals surface area contributed by atoms with Crippen molar-refractivity contribution in [2.24, 2.45) is 4.99 Å². The molecule has 0 aromatic carbocycles. The number of carbonyl (C=O) groups is 1. The number of rotatable bonds is 5. The second kappa shape index (κ2) is 6.65. The van der Waals surface area contributed by atoms with Crippen molar-refractivity contribution < 1.29 is 18.7 Å². The molecule has 0 heterocycles. The van der Waals surface area contributed by atoms with Crippen LogP contribution in [0.4, 0.5) is 8.78 Å². The van der Waals surface area contributed by atoms with Gasteiger partial charge in [0.1, 0.15) is 5.71 Å². The highest BCUT2D eigenvalue weighted by atomic mass is 35.5. The molecule has 0 aliphatic rings. The maximum Gasteiger partial charge on any atom is 0.364 e. The van der Waals surface area contributed by atoms with E-state index in [4.69, 9.17) is 16.7 Å². The molecule has 0 bridgehead atoms. The number of aldehydes is 1. The van der Waals surface area contributed by atoms with Gasteiger partial charge in [-0.25, -0.2) is 0 Å². The third-order valence-corrected chi connectivity index (χ3v) is 2.56. The van der Waals surface area contributed by atoms with Crippen molar-refractivity contribution in [3.05, 3.63) is 22.8 Å². The van der Waals surface area contributed by atoms with E-state index in [1.54, 1.807) is 6.26 Å². The zero-order valence-electron chi connectivity index (χ0n) is 8.58. The van der Waals surface area contributed by atoms with E-state index in [9.17, 15) is 13.6 Å². The number of aliphatic hydroxyl groups excluding tert-OH is 1. The summed E-state index contributed by atoms with van der Waals surface area (Å²) in [4.78, 5) is 14.0. The number of thioether (sulfide) groups is 1. The monoisotopic (exact) mass is 269 g/mol. The number of carbonyl (C=O) groups excluding carboxylic acids is 1. The van der Waals surface area contributed by atoms with Crippen LogP contribution in [0.3, 0.4) is 0 Å². The summed E-state index contributed by atoms with van der Waals surface area (Å²) in [6.07, 6.45) is 3.41. The molecule has 0 unspecified atom stereocenters. The standard InChI is InChI=1S/C9H10ClF2NO2S/c1-13-8(9(10,11)12)3-7(16-2)6(4-14)5-15/h3-5,14H,1-2H3/b6-4+,7-3+,13-8?. The maximum absolute atomic E-state index is 12.8. The molecule has 7 heteroatoms. The van der Waals surface area contributed by atoms with E-state index in [2.05, 4.69) is 4.99 Å². The quantitative estimate of drug-likeness (QED) is 0.208. The Morgan fingerprint density at radius 3 is 2.38 bits per heavy atom. The fourth-order valence-electron chi connectivity index (χ4n) is 0.810. The van der Waals surface area contributed by atoms with Crippen molar-refractivity contribution in [1.29, 1.82) is 0 Å². The summed E-state index contributed by atoms with van der Waals surface area (Å²) in [5.74, 6) is 0.